The van der Waals surface area contributed by atoms with E-state index in [1.54, 1.807) is 24.3 Å². The molecule has 1 aliphatic carbocycles. The van der Waals surface area contributed by atoms with Crippen LogP contribution in [0.5, 0.6) is 0 Å². The first-order valence-corrected chi connectivity index (χ1v) is 6.91. The van der Waals surface area contributed by atoms with Crippen LogP contribution in [0.25, 0.3) is 0 Å². The Hall–Kier alpha value is -2.37. The Morgan fingerprint density at radius 1 is 1.10 bits per heavy atom. The number of hydrogen-bond acceptors (Lipinski definition) is 3. The summed E-state index contributed by atoms with van der Waals surface area (Å²) in [5.41, 5.74) is 0.670. The van der Waals surface area contributed by atoms with Crippen molar-refractivity contribution in [1.29, 1.82) is 0 Å². The lowest BCUT2D eigenvalue weighted by Crippen LogP contribution is -2.36. The predicted octanol–water partition coefficient (Wildman–Crippen LogP) is 1.24. The number of amides is 2. The molecular formula is C15H18N2O4. The summed E-state index contributed by atoms with van der Waals surface area (Å²) in [7, 11) is 0. The molecule has 0 aromatic heterocycles. The van der Waals surface area contributed by atoms with Gasteiger partial charge in [-0.05, 0) is 31.4 Å². The van der Waals surface area contributed by atoms with Gasteiger partial charge < -0.3 is 15.7 Å². The van der Waals surface area contributed by atoms with Crippen molar-refractivity contribution in [2.24, 2.45) is 11.8 Å². The Labute approximate surface area is 122 Å². The van der Waals surface area contributed by atoms with Crippen molar-refractivity contribution in [2.45, 2.75) is 19.3 Å². The van der Waals surface area contributed by atoms with Crippen molar-refractivity contribution < 1.29 is 19.5 Å². The maximum absolute atomic E-state index is 11.9. The zero-order valence-electron chi connectivity index (χ0n) is 11.5. The van der Waals surface area contributed by atoms with Crippen molar-refractivity contribution in [3.8, 4) is 0 Å². The first-order valence-electron chi connectivity index (χ1n) is 6.91. The summed E-state index contributed by atoms with van der Waals surface area (Å²) in [6.07, 6.45) is 1.42. The van der Waals surface area contributed by atoms with Crippen LogP contribution in [0.4, 0.5) is 5.69 Å². The molecule has 1 aromatic carbocycles. The molecule has 6 heteroatoms. The van der Waals surface area contributed by atoms with E-state index in [9.17, 15) is 14.4 Å². The highest BCUT2D eigenvalue weighted by Gasteiger charge is 2.33. The Kier molecular flexibility index (Phi) is 4.92. The molecular weight excluding hydrogens is 272 g/mol. The molecule has 1 aromatic rings. The van der Waals surface area contributed by atoms with Crippen molar-refractivity contribution in [3.05, 3.63) is 30.3 Å². The molecule has 21 heavy (non-hydrogen) atoms. The van der Waals surface area contributed by atoms with E-state index in [1.165, 1.54) is 0 Å². The van der Waals surface area contributed by atoms with Gasteiger partial charge >= 0.3 is 5.97 Å². The number of hydrogen-bond donors (Lipinski definition) is 3. The number of nitrogens with one attached hydrogen (secondary N) is 2. The largest absolute Gasteiger partial charge is 0.481 e. The fourth-order valence-electron chi connectivity index (χ4n) is 2.48. The molecule has 2 atom stereocenters. The van der Waals surface area contributed by atoms with E-state index in [1.807, 2.05) is 6.07 Å². The average molecular weight is 290 g/mol. The number of para-hydroxylation sites is 1. The topological polar surface area (TPSA) is 95.5 Å². The van der Waals surface area contributed by atoms with Gasteiger partial charge in [-0.25, -0.2) is 0 Å². The lowest BCUT2D eigenvalue weighted by atomic mass is 10.0. The lowest BCUT2D eigenvalue weighted by molar-refractivity contribution is -0.141. The van der Waals surface area contributed by atoms with Crippen molar-refractivity contribution in [1.82, 2.24) is 5.32 Å². The zero-order chi connectivity index (χ0) is 15.2. The fourth-order valence-corrected chi connectivity index (χ4v) is 2.48. The highest BCUT2D eigenvalue weighted by molar-refractivity contribution is 5.94. The van der Waals surface area contributed by atoms with Crippen LogP contribution < -0.4 is 10.6 Å². The van der Waals surface area contributed by atoms with Gasteiger partial charge in [-0.1, -0.05) is 18.2 Å². The van der Waals surface area contributed by atoms with Crippen molar-refractivity contribution in [3.63, 3.8) is 0 Å². The Morgan fingerprint density at radius 3 is 2.38 bits per heavy atom. The van der Waals surface area contributed by atoms with Crippen LogP contribution in [0.15, 0.2) is 30.3 Å². The molecule has 0 bridgehead atoms. The van der Waals surface area contributed by atoms with Crippen LogP contribution in [0.2, 0.25) is 0 Å². The third-order valence-electron chi connectivity index (χ3n) is 3.63. The third kappa shape index (κ3) is 4.30. The van der Waals surface area contributed by atoms with Gasteiger partial charge in [-0.15, -0.1) is 0 Å². The number of carboxylic acids is 1. The van der Waals surface area contributed by atoms with Gasteiger partial charge in [-0.3, -0.25) is 14.4 Å². The molecule has 0 spiro atoms. The molecule has 6 nitrogen and oxygen atoms in total. The monoisotopic (exact) mass is 290 g/mol. The highest BCUT2D eigenvalue weighted by Crippen LogP contribution is 2.30. The van der Waals surface area contributed by atoms with Gasteiger partial charge in [0.25, 0.3) is 0 Å². The van der Waals surface area contributed by atoms with Crippen LogP contribution in [-0.2, 0) is 14.4 Å². The summed E-state index contributed by atoms with van der Waals surface area (Å²) < 4.78 is 0. The van der Waals surface area contributed by atoms with E-state index in [0.717, 1.165) is 0 Å². The summed E-state index contributed by atoms with van der Waals surface area (Å²) in [5, 5.41) is 14.1. The second kappa shape index (κ2) is 6.88. The van der Waals surface area contributed by atoms with E-state index in [0.29, 0.717) is 24.9 Å². The second-order valence-electron chi connectivity index (χ2n) is 5.18. The number of carbonyl (C=O) groups excluding carboxylic acids is 2. The molecule has 0 unspecified atom stereocenters. The Bertz CT molecular complexity index is 530. The minimum absolute atomic E-state index is 0.109. The quantitative estimate of drug-likeness (QED) is 0.760. The molecule has 112 valence electrons. The van der Waals surface area contributed by atoms with Gasteiger partial charge in [0.15, 0.2) is 0 Å². The Morgan fingerprint density at radius 2 is 1.76 bits per heavy atom. The van der Waals surface area contributed by atoms with Crippen LogP contribution in [0, 0.1) is 11.8 Å². The molecule has 3 N–H and O–H groups in total. The molecule has 1 aliphatic rings. The molecule has 0 heterocycles. The van der Waals surface area contributed by atoms with Crippen molar-refractivity contribution in [2.75, 3.05) is 11.9 Å². The molecule has 0 radical (unpaired) electrons. The first kappa shape index (κ1) is 15.0. The van der Waals surface area contributed by atoms with Crippen LogP contribution in [0.3, 0.4) is 0 Å². The van der Waals surface area contributed by atoms with E-state index in [-0.39, 0.29) is 24.3 Å². The molecule has 1 saturated carbocycles. The van der Waals surface area contributed by atoms with Gasteiger partial charge in [0.05, 0.1) is 12.5 Å². The van der Waals surface area contributed by atoms with E-state index in [2.05, 4.69) is 10.6 Å². The van der Waals surface area contributed by atoms with E-state index in [4.69, 9.17) is 5.11 Å². The minimum Gasteiger partial charge on any atom is -0.481 e. The molecule has 2 rings (SSSR count). The van der Waals surface area contributed by atoms with Crippen LogP contribution in [0.1, 0.15) is 19.3 Å². The Balaban J connectivity index is 1.74. The predicted molar refractivity (Wildman–Crippen MR) is 76.5 cm³/mol. The standard InChI is InChI=1S/C15H18N2O4/c18-13(17-12-4-2-1-3-5-12)9-16-14(19)10-6-7-11(8-10)15(20)21/h1-5,10-11H,6-9H2,(H,16,19)(H,17,18)(H,20,21)/t10-,11+/m0/s1. The number of aliphatic carboxylic acids is 1. The maximum Gasteiger partial charge on any atom is 0.306 e. The van der Waals surface area contributed by atoms with E-state index >= 15 is 0 Å². The lowest BCUT2D eigenvalue weighted by Gasteiger charge is -2.11. The summed E-state index contributed by atoms with van der Waals surface area (Å²) >= 11 is 0. The summed E-state index contributed by atoms with van der Waals surface area (Å²) in [6, 6.07) is 8.97. The number of carbonyl (C=O) groups is 3. The molecule has 2 amide bonds. The smallest absolute Gasteiger partial charge is 0.306 e. The molecule has 0 saturated heterocycles. The summed E-state index contributed by atoms with van der Waals surface area (Å²) in [4.78, 5) is 34.4. The van der Waals surface area contributed by atoms with Gasteiger partial charge in [-0.2, -0.15) is 0 Å². The third-order valence-corrected chi connectivity index (χ3v) is 3.63. The van der Waals surface area contributed by atoms with E-state index < -0.39 is 11.9 Å². The number of benzene rings is 1. The van der Waals surface area contributed by atoms with Gasteiger partial charge in [0.2, 0.25) is 11.8 Å². The normalized spacial score (nSPS) is 20.8. The SMILES string of the molecule is O=C(CNC(=O)[C@H]1CC[C@@H](C(=O)O)C1)Nc1ccccc1. The summed E-state index contributed by atoms with van der Waals surface area (Å²) in [5.74, 6) is -2.16. The van der Waals surface area contributed by atoms with Gasteiger partial charge in [0, 0.05) is 11.6 Å². The number of anilines is 1. The van der Waals surface area contributed by atoms with Crippen LogP contribution >= 0.6 is 0 Å². The van der Waals surface area contributed by atoms with Crippen LogP contribution in [-0.4, -0.2) is 29.4 Å². The highest BCUT2D eigenvalue weighted by atomic mass is 16.4. The molecule has 0 aliphatic heterocycles. The fraction of sp³-hybridized carbons (Fsp3) is 0.400. The molecule has 1 fully saturated rings. The number of rotatable bonds is 5. The average Bonchev–Trinajstić information content (AvgIpc) is 2.96. The summed E-state index contributed by atoms with van der Waals surface area (Å²) in [6.45, 7) is -0.109. The minimum atomic E-state index is -0.855. The van der Waals surface area contributed by atoms with Crippen molar-refractivity contribution >= 4 is 23.5 Å². The van der Waals surface area contributed by atoms with Gasteiger partial charge in [0.1, 0.15) is 0 Å². The first-order chi connectivity index (χ1) is 10.1. The second-order valence-corrected chi connectivity index (χ2v) is 5.18. The number of carboxylic acid groups (broad SMARTS) is 1. The zero-order valence-corrected chi connectivity index (χ0v) is 11.5. The maximum atomic E-state index is 11.9.